The number of nitrogens with zero attached hydrogens (tertiary/aromatic N) is 1. The van der Waals surface area contributed by atoms with E-state index in [0.29, 0.717) is 5.56 Å². The summed E-state index contributed by atoms with van der Waals surface area (Å²) >= 11 is 0. The number of hydrogen-bond acceptors (Lipinski definition) is 1. The summed E-state index contributed by atoms with van der Waals surface area (Å²) < 4.78 is 13.6. The topological polar surface area (TPSA) is 28.7 Å². The predicted octanol–water partition coefficient (Wildman–Crippen LogP) is 3.37. The molecule has 0 spiro atoms. The Bertz CT molecular complexity index is 643. The first-order valence-corrected chi connectivity index (χ1v) is 5.03. The highest BCUT2D eigenvalue weighted by Gasteiger charge is 2.09. The van der Waals surface area contributed by atoms with Crippen molar-refractivity contribution in [2.24, 2.45) is 0 Å². The fourth-order valence-electron chi connectivity index (χ4n) is 1.84. The van der Waals surface area contributed by atoms with Gasteiger partial charge in [-0.3, -0.25) is 4.98 Å². The molecule has 0 radical (unpaired) electrons. The molecule has 3 rings (SSSR count). The average molecular weight is 212 g/mol. The summed E-state index contributed by atoms with van der Waals surface area (Å²) in [6.07, 6.45) is 3.50. The zero-order valence-corrected chi connectivity index (χ0v) is 8.44. The fraction of sp³-hybridized carbons (Fsp3) is 0. The van der Waals surface area contributed by atoms with Crippen molar-refractivity contribution in [2.75, 3.05) is 0 Å². The largest absolute Gasteiger partial charge is 0.359 e. The van der Waals surface area contributed by atoms with Crippen molar-refractivity contribution in [3.05, 3.63) is 54.6 Å². The van der Waals surface area contributed by atoms with Crippen molar-refractivity contribution >= 4 is 11.0 Å². The van der Waals surface area contributed by atoms with E-state index in [1.165, 1.54) is 6.07 Å². The molecule has 0 fully saturated rings. The van der Waals surface area contributed by atoms with Crippen molar-refractivity contribution in [2.45, 2.75) is 0 Å². The Morgan fingerprint density at radius 3 is 2.75 bits per heavy atom. The molecular formula is C13H9FN2. The highest BCUT2D eigenvalue weighted by Crippen LogP contribution is 2.28. The minimum atomic E-state index is -0.228. The Morgan fingerprint density at radius 1 is 1.00 bits per heavy atom. The number of H-pyrrole nitrogens is 1. The van der Waals surface area contributed by atoms with Crippen molar-refractivity contribution in [3.63, 3.8) is 0 Å². The monoisotopic (exact) mass is 212 g/mol. The lowest BCUT2D eigenvalue weighted by Gasteiger charge is -1.99. The summed E-state index contributed by atoms with van der Waals surface area (Å²) in [6.45, 7) is 0. The number of aromatic amines is 1. The fourth-order valence-corrected chi connectivity index (χ4v) is 1.84. The molecule has 0 bridgehead atoms. The average Bonchev–Trinajstić information content (AvgIpc) is 2.74. The first-order valence-electron chi connectivity index (χ1n) is 5.03. The standard InChI is InChI=1S/C13H9FN2/c14-11-5-2-1-4-9(11)10-8-16-12-6-3-7-15-13(10)12/h1-8,16H. The third kappa shape index (κ3) is 1.29. The third-order valence-electron chi connectivity index (χ3n) is 2.60. The summed E-state index contributed by atoms with van der Waals surface area (Å²) in [6, 6.07) is 10.5. The van der Waals surface area contributed by atoms with Crippen molar-refractivity contribution in [1.29, 1.82) is 0 Å². The second-order valence-electron chi connectivity index (χ2n) is 3.58. The maximum Gasteiger partial charge on any atom is 0.131 e. The van der Waals surface area contributed by atoms with Crippen LogP contribution in [0.15, 0.2) is 48.8 Å². The van der Waals surface area contributed by atoms with Crippen LogP contribution in [0.1, 0.15) is 0 Å². The van der Waals surface area contributed by atoms with E-state index in [1.54, 1.807) is 24.5 Å². The molecule has 78 valence electrons. The molecule has 3 aromatic rings. The van der Waals surface area contributed by atoms with Crippen molar-refractivity contribution in [3.8, 4) is 11.1 Å². The summed E-state index contributed by atoms with van der Waals surface area (Å²) in [5, 5.41) is 0. The molecule has 2 nitrogen and oxygen atoms in total. The summed E-state index contributed by atoms with van der Waals surface area (Å²) in [5.74, 6) is -0.228. The van der Waals surface area contributed by atoms with Gasteiger partial charge >= 0.3 is 0 Å². The predicted molar refractivity (Wildman–Crippen MR) is 61.5 cm³/mol. The number of halogens is 1. The van der Waals surface area contributed by atoms with Crippen LogP contribution in [0.5, 0.6) is 0 Å². The number of aromatic nitrogens is 2. The normalized spacial score (nSPS) is 10.8. The Labute approximate surface area is 91.8 Å². The lowest BCUT2D eigenvalue weighted by Crippen LogP contribution is -1.82. The Morgan fingerprint density at radius 2 is 1.88 bits per heavy atom. The number of rotatable bonds is 1. The van der Waals surface area contributed by atoms with Gasteiger partial charge < -0.3 is 4.98 Å². The maximum absolute atomic E-state index is 13.6. The molecular weight excluding hydrogens is 203 g/mol. The van der Waals surface area contributed by atoms with E-state index < -0.39 is 0 Å². The second kappa shape index (κ2) is 3.45. The molecule has 2 aromatic heterocycles. The summed E-state index contributed by atoms with van der Waals surface area (Å²) in [4.78, 5) is 7.35. The SMILES string of the molecule is Fc1ccccc1-c1c[nH]c2cccnc12. The van der Waals surface area contributed by atoms with E-state index >= 15 is 0 Å². The van der Waals surface area contributed by atoms with Crippen LogP contribution in [0.25, 0.3) is 22.2 Å². The number of benzene rings is 1. The molecule has 1 aromatic carbocycles. The van der Waals surface area contributed by atoms with Gasteiger partial charge in [0.2, 0.25) is 0 Å². The second-order valence-corrected chi connectivity index (χ2v) is 3.58. The summed E-state index contributed by atoms with van der Waals surface area (Å²) in [7, 11) is 0. The van der Waals surface area contributed by atoms with Crippen LogP contribution in [-0.2, 0) is 0 Å². The van der Waals surface area contributed by atoms with Crippen LogP contribution in [-0.4, -0.2) is 9.97 Å². The van der Waals surface area contributed by atoms with Crippen LogP contribution in [0.4, 0.5) is 4.39 Å². The molecule has 16 heavy (non-hydrogen) atoms. The van der Waals surface area contributed by atoms with Gasteiger partial charge in [-0.05, 0) is 18.2 Å². The molecule has 3 heteroatoms. The van der Waals surface area contributed by atoms with Gasteiger partial charge in [-0.1, -0.05) is 18.2 Å². The quantitative estimate of drug-likeness (QED) is 0.658. The van der Waals surface area contributed by atoms with Gasteiger partial charge in [-0.15, -0.1) is 0 Å². The van der Waals surface area contributed by atoms with Crippen molar-refractivity contribution in [1.82, 2.24) is 9.97 Å². The molecule has 0 aliphatic carbocycles. The molecule has 0 aliphatic heterocycles. The van der Waals surface area contributed by atoms with Crippen LogP contribution >= 0.6 is 0 Å². The smallest absolute Gasteiger partial charge is 0.131 e. The zero-order chi connectivity index (χ0) is 11.0. The zero-order valence-electron chi connectivity index (χ0n) is 8.44. The van der Waals surface area contributed by atoms with Crippen molar-refractivity contribution < 1.29 is 4.39 Å². The van der Waals surface area contributed by atoms with Gasteiger partial charge in [0.25, 0.3) is 0 Å². The van der Waals surface area contributed by atoms with E-state index in [4.69, 9.17) is 0 Å². The lowest BCUT2D eigenvalue weighted by molar-refractivity contribution is 0.631. The third-order valence-corrected chi connectivity index (χ3v) is 2.60. The van der Waals surface area contributed by atoms with Crippen LogP contribution in [0.2, 0.25) is 0 Å². The van der Waals surface area contributed by atoms with Crippen LogP contribution in [0.3, 0.4) is 0 Å². The summed E-state index contributed by atoms with van der Waals surface area (Å²) in [5.41, 5.74) is 3.09. The number of pyridine rings is 1. The highest BCUT2D eigenvalue weighted by atomic mass is 19.1. The van der Waals surface area contributed by atoms with Crippen LogP contribution < -0.4 is 0 Å². The minimum absolute atomic E-state index is 0.228. The Kier molecular flexibility index (Phi) is 1.96. The molecule has 0 saturated heterocycles. The van der Waals surface area contributed by atoms with Gasteiger partial charge in [-0.25, -0.2) is 4.39 Å². The Hall–Kier alpha value is -2.16. The minimum Gasteiger partial charge on any atom is -0.359 e. The maximum atomic E-state index is 13.6. The van der Waals surface area contributed by atoms with E-state index in [0.717, 1.165) is 16.6 Å². The lowest BCUT2D eigenvalue weighted by atomic mass is 10.1. The number of fused-ring (bicyclic) bond motifs is 1. The highest BCUT2D eigenvalue weighted by molar-refractivity contribution is 5.92. The molecule has 0 unspecified atom stereocenters. The molecule has 0 saturated carbocycles. The van der Waals surface area contributed by atoms with Gasteiger partial charge in [0.1, 0.15) is 5.82 Å². The van der Waals surface area contributed by atoms with Gasteiger partial charge in [0, 0.05) is 23.5 Å². The molecule has 1 N–H and O–H groups in total. The van der Waals surface area contributed by atoms with Crippen LogP contribution in [0, 0.1) is 5.82 Å². The number of nitrogens with one attached hydrogen (secondary N) is 1. The molecule has 0 amide bonds. The van der Waals surface area contributed by atoms with E-state index in [-0.39, 0.29) is 5.82 Å². The first-order chi connectivity index (χ1) is 7.86. The van der Waals surface area contributed by atoms with E-state index in [2.05, 4.69) is 9.97 Å². The first kappa shape index (κ1) is 9.09. The number of hydrogen-bond donors (Lipinski definition) is 1. The molecule has 0 atom stereocenters. The molecule has 2 heterocycles. The van der Waals surface area contributed by atoms with Gasteiger partial charge in [-0.2, -0.15) is 0 Å². The van der Waals surface area contributed by atoms with E-state index in [9.17, 15) is 4.39 Å². The van der Waals surface area contributed by atoms with E-state index in [1.807, 2.05) is 18.2 Å². The Balaban J connectivity index is 2.31. The molecule has 0 aliphatic rings. The van der Waals surface area contributed by atoms with Gasteiger partial charge in [0.15, 0.2) is 0 Å². The van der Waals surface area contributed by atoms with Gasteiger partial charge in [0.05, 0.1) is 11.0 Å².